The maximum absolute atomic E-state index is 10.9. The van der Waals surface area contributed by atoms with Crippen molar-refractivity contribution >= 4 is 21.9 Å². The van der Waals surface area contributed by atoms with E-state index >= 15 is 0 Å². The van der Waals surface area contributed by atoms with E-state index in [-0.39, 0.29) is 17.7 Å². The molecule has 92 valence electrons. The van der Waals surface area contributed by atoms with E-state index in [4.69, 9.17) is 5.11 Å². The summed E-state index contributed by atoms with van der Waals surface area (Å²) in [6, 6.07) is 3.78. The van der Waals surface area contributed by atoms with Gasteiger partial charge in [0.1, 0.15) is 5.75 Å². The fourth-order valence-electron chi connectivity index (χ4n) is 2.14. The lowest BCUT2D eigenvalue weighted by atomic mass is 9.98. The number of rotatable bonds is 2. The number of carboxylic acid groups (broad SMARTS) is 1. The lowest BCUT2D eigenvalue weighted by molar-refractivity contribution is -0.141. The second-order valence-corrected chi connectivity index (χ2v) is 5.25. The van der Waals surface area contributed by atoms with Crippen LogP contribution in [0.2, 0.25) is 0 Å². The minimum Gasteiger partial charge on any atom is -0.506 e. The van der Waals surface area contributed by atoms with E-state index in [1.165, 1.54) is 0 Å². The third-order valence-electron chi connectivity index (χ3n) is 3.16. The number of phenolic OH excluding ortho intramolecular Hbond substituents is 1. The molecule has 4 nitrogen and oxygen atoms in total. The Balaban J connectivity index is 2.22. The molecule has 17 heavy (non-hydrogen) atoms. The smallest absolute Gasteiger partial charge is 0.307 e. The van der Waals surface area contributed by atoms with E-state index in [2.05, 4.69) is 21.2 Å². The number of carbonyl (C=O) groups is 1. The van der Waals surface area contributed by atoms with Gasteiger partial charge in [0.05, 0.1) is 10.4 Å². The van der Waals surface area contributed by atoms with Gasteiger partial charge in [0, 0.05) is 12.6 Å². The summed E-state index contributed by atoms with van der Waals surface area (Å²) in [6.45, 7) is 2.32. The van der Waals surface area contributed by atoms with Crippen molar-refractivity contribution in [2.24, 2.45) is 5.92 Å². The van der Waals surface area contributed by atoms with Gasteiger partial charge in [-0.3, -0.25) is 4.79 Å². The monoisotopic (exact) mass is 299 g/mol. The molecule has 0 radical (unpaired) electrons. The molecule has 3 N–H and O–H groups in total. The molecular formula is C12H14BrNO3. The highest BCUT2D eigenvalue weighted by molar-refractivity contribution is 9.10. The predicted octanol–water partition coefficient (Wildman–Crippen LogP) is 2.20. The molecule has 0 aliphatic carbocycles. The molecule has 1 aliphatic heterocycles. The van der Waals surface area contributed by atoms with Crippen LogP contribution in [0.4, 0.5) is 0 Å². The zero-order valence-corrected chi connectivity index (χ0v) is 11.0. The molecule has 2 atom stereocenters. The van der Waals surface area contributed by atoms with E-state index in [0.29, 0.717) is 17.4 Å². The predicted molar refractivity (Wildman–Crippen MR) is 67.0 cm³/mol. The van der Waals surface area contributed by atoms with Crippen LogP contribution in [0.3, 0.4) is 0 Å². The van der Waals surface area contributed by atoms with Gasteiger partial charge >= 0.3 is 5.97 Å². The summed E-state index contributed by atoms with van der Waals surface area (Å²) in [5, 5.41) is 21.8. The highest BCUT2D eigenvalue weighted by Crippen LogP contribution is 2.34. The molecule has 5 heteroatoms. The summed E-state index contributed by atoms with van der Waals surface area (Å²) in [7, 11) is 0. The molecule has 1 aliphatic rings. The van der Waals surface area contributed by atoms with Gasteiger partial charge in [-0.05, 0) is 46.5 Å². The van der Waals surface area contributed by atoms with E-state index in [0.717, 1.165) is 11.1 Å². The lowest BCUT2D eigenvalue weighted by Gasteiger charge is -2.13. The van der Waals surface area contributed by atoms with Crippen LogP contribution in [-0.4, -0.2) is 22.7 Å². The van der Waals surface area contributed by atoms with Crippen LogP contribution in [0.25, 0.3) is 0 Å². The molecule has 2 rings (SSSR count). The molecule has 1 fully saturated rings. The van der Waals surface area contributed by atoms with Gasteiger partial charge in [0.15, 0.2) is 0 Å². The first-order chi connectivity index (χ1) is 7.99. The van der Waals surface area contributed by atoms with Gasteiger partial charge < -0.3 is 15.5 Å². The Bertz CT molecular complexity index is 438. The number of nitrogens with one attached hydrogen (secondary N) is 1. The summed E-state index contributed by atoms with van der Waals surface area (Å²) in [4.78, 5) is 10.9. The van der Waals surface area contributed by atoms with Crippen LogP contribution >= 0.6 is 15.9 Å². The van der Waals surface area contributed by atoms with Crippen molar-refractivity contribution in [2.75, 3.05) is 6.54 Å². The third-order valence-corrected chi connectivity index (χ3v) is 3.76. The van der Waals surface area contributed by atoms with Crippen molar-refractivity contribution in [3.8, 4) is 5.75 Å². The molecule has 0 bridgehead atoms. The highest BCUT2D eigenvalue weighted by Gasteiger charge is 2.30. The van der Waals surface area contributed by atoms with Crippen molar-refractivity contribution in [1.82, 2.24) is 5.32 Å². The van der Waals surface area contributed by atoms with E-state index < -0.39 is 5.97 Å². The zero-order chi connectivity index (χ0) is 12.6. The number of hydrogen-bond donors (Lipinski definition) is 3. The second kappa shape index (κ2) is 4.66. The number of aromatic hydroxyl groups is 1. The van der Waals surface area contributed by atoms with Crippen molar-refractivity contribution in [2.45, 2.75) is 19.4 Å². The highest BCUT2D eigenvalue weighted by atomic mass is 79.9. The second-order valence-electron chi connectivity index (χ2n) is 4.40. The van der Waals surface area contributed by atoms with Crippen molar-refractivity contribution in [3.05, 3.63) is 27.7 Å². The molecule has 1 saturated heterocycles. The Morgan fingerprint density at radius 3 is 2.76 bits per heavy atom. The van der Waals surface area contributed by atoms with Gasteiger partial charge in [-0.15, -0.1) is 0 Å². The average Bonchev–Trinajstić information content (AvgIpc) is 2.74. The molecule has 1 aromatic rings. The molecule has 2 unspecified atom stereocenters. The Hall–Kier alpha value is -1.07. The number of phenols is 1. The maximum atomic E-state index is 10.9. The first-order valence-electron chi connectivity index (χ1n) is 5.44. The molecular weight excluding hydrogens is 286 g/mol. The van der Waals surface area contributed by atoms with Gasteiger partial charge in [-0.1, -0.05) is 6.07 Å². The SMILES string of the molecule is Cc1cc(C2CC(C(=O)O)CN2)cc(Br)c1O. The van der Waals surface area contributed by atoms with Crippen LogP contribution in [0, 0.1) is 12.8 Å². The molecule has 0 aromatic heterocycles. The Labute approximate surface area is 108 Å². The normalized spacial score (nSPS) is 23.9. The van der Waals surface area contributed by atoms with Crippen LogP contribution in [0.1, 0.15) is 23.6 Å². The Morgan fingerprint density at radius 2 is 2.24 bits per heavy atom. The van der Waals surface area contributed by atoms with E-state index in [1.54, 1.807) is 0 Å². The largest absolute Gasteiger partial charge is 0.506 e. The summed E-state index contributed by atoms with van der Waals surface area (Å²) >= 11 is 3.29. The number of hydrogen-bond acceptors (Lipinski definition) is 3. The standard InChI is InChI=1S/C12H14BrNO3/c1-6-2-7(3-9(13)11(6)15)10-4-8(5-14-10)12(16)17/h2-3,8,10,14-15H,4-5H2,1H3,(H,16,17). The Morgan fingerprint density at radius 1 is 1.53 bits per heavy atom. The van der Waals surface area contributed by atoms with Crippen LogP contribution in [0.5, 0.6) is 5.75 Å². The molecule has 1 aromatic carbocycles. The zero-order valence-electron chi connectivity index (χ0n) is 9.40. The molecule has 1 heterocycles. The van der Waals surface area contributed by atoms with Gasteiger partial charge in [-0.25, -0.2) is 0 Å². The average molecular weight is 300 g/mol. The minimum atomic E-state index is -0.755. The number of aryl methyl sites for hydroxylation is 1. The van der Waals surface area contributed by atoms with E-state index in [9.17, 15) is 9.90 Å². The number of benzene rings is 1. The topological polar surface area (TPSA) is 69.6 Å². The van der Waals surface area contributed by atoms with Crippen LogP contribution in [-0.2, 0) is 4.79 Å². The fraction of sp³-hybridized carbons (Fsp3) is 0.417. The van der Waals surface area contributed by atoms with Crippen LogP contribution in [0.15, 0.2) is 16.6 Å². The minimum absolute atomic E-state index is 0.0479. The summed E-state index contributed by atoms with van der Waals surface area (Å²) in [6.07, 6.45) is 0.589. The van der Waals surface area contributed by atoms with Crippen molar-refractivity contribution in [1.29, 1.82) is 0 Å². The summed E-state index contributed by atoms with van der Waals surface area (Å²) < 4.78 is 0.646. The molecule has 0 saturated carbocycles. The van der Waals surface area contributed by atoms with Crippen LogP contribution < -0.4 is 5.32 Å². The summed E-state index contributed by atoms with van der Waals surface area (Å²) in [5.74, 6) is -0.844. The first kappa shape index (κ1) is 12.4. The summed E-state index contributed by atoms with van der Waals surface area (Å²) in [5.41, 5.74) is 1.80. The van der Waals surface area contributed by atoms with Crippen molar-refractivity contribution in [3.63, 3.8) is 0 Å². The van der Waals surface area contributed by atoms with Gasteiger partial charge in [0.2, 0.25) is 0 Å². The molecule has 0 amide bonds. The first-order valence-corrected chi connectivity index (χ1v) is 6.23. The number of aliphatic carboxylic acids is 1. The Kier molecular flexibility index (Phi) is 3.40. The number of halogens is 1. The van der Waals surface area contributed by atoms with E-state index in [1.807, 2.05) is 19.1 Å². The fourth-order valence-corrected chi connectivity index (χ4v) is 2.72. The quantitative estimate of drug-likeness (QED) is 0.783. The maximum Gasteiger partial charge on any atom is 0.307 e. The number of carboxylic acids is 1. The van der Waals surface area contributed by atoms with Gasteiger partial charge in [0.25, 0.3) is 0 Å². The van der Waals surface area contributed by atoms with Gasteiger partial charge in [-0.2, -0.15) is 0 Å². The van der Waals surface area contributed by atoms with Crippen molar-refractivity contribution < 1.29 is 15.0 Å². The molecule has 0 spiro atoms. The lowest BCUT2D eigenvalue weighted by Crippen LogP contribution is -2.17. The third kappa shape index (κ3) is 2.45.